The molecule has 5 heteroatoms. The molecule has 1 fully saturated rings. The summed E-state index contributed by atoms with van der Waals surface area (Å²) in [6, 6.07) is 5.89. The van der Waals surface area contributed by atoms with E-state index in [1.807, 2.05) is 30.0 Å². The summed E-state index contributed by atoms with van der Waals surface area (Å²) in [6.07, 6.45) is 4.12. The Hall–Kier alpha value is -1.36. The van der Waals surface area contributed by atoms with Gasteiger partial charge in [0, 0.05) is 12.2 Å². The van der Waals surface area contributed by atoms with Gasteiger partial charge in [0.2, 0.25) is 0 Å². The van der Waals surface area contributed by atoms with E-state index in [9.17, 15) is 4.79 Å². The molecule has 1 atom stereocenters. The Kier molecular flexibility index (Phi) is 6.23. The Labute approximate surface area is 129 Å². The lowest BCUT2D eigenvalue weighted by molar-refractivity contribution is -0.137. The second-order valence-corrected chi connectivity index (χ2v) is 6.34. The molecule has 1 aliphatic heterocycles. The zero-order chi connectivity index (χ0) is 15.1. The highest BCUT2D eigenvalue weighted by atomic mass is 32.2. The summed E-state index contributed by atoms with van der Waals surface area (Å²) < 4.78 is 11.4. The molecule has 0 bridgehead atoms. The second-order valence-electron chi connectivity index (χ2n) is 5.19. The number of thioether (sulfide) groups is 1. The molecule has 1 aliphatic rings. The van der Waals surface area contributed by atoms with Crippen molar-refractivity contribution in [2.24, 2.45) is 0 Å². The first-order valence-corrected chi connectivity index (χ1v) is 8.47. The van der Waals surface area contributed by atoms with E-state index in [0.717, 1.165) is 35.7 Å². The molecule has 0 spiro atoms. The number of hydrogen-bond acceptors (Lipinski definition) is 4. The van der Waals surface area contributed by atoms with Crippen molar-refractivity contribution in [3.63, 3.8) is 0 Å². The van der Waals surface area contributed by atoms with Crippen LogP contribution in [-0.4, -0.2) is 35.8 Å². The van der Waals surface area contributed by atoms with E-state index < -0.39 is 5.97 Å². The van der Waals surface area contributed by atoms with Crippen LogP contribution in [0.3, 0.4) is 0 Å². The van der Waals surface area contributed by atoms with Gasteiger partial charge in [-0.25, -0.2) is 0 Å². The van der Waals surface area contributed by atoms with Gasteiger partial charge in [0.25, 0.3) is 0 Å². The zero-order valence-electron chi connectivity index (χ0n) is 12.3. The third kappa shape index (κ3) is 5.16. The van der Waals surface area contributed by atoms with Gasteiger partial charge in [0.15, 0.2) is 11.5 Å². The lowest BCUT2D eigenvalue weighted by Crippen LogP contribution is -2.23. The van der Waals surface area contributed by atoms with E-state index in [1.165, 1.54) is 12.2 Å². The quantitative estimate of drug-likeness (QED) is 0.836. The largest absolute Gasteiger partial charge is 0.493 e. The maximum absolute atomic E-state index is 10.5. The van der Waals surface area contributed by atoms with E-state index in [0.29, 0.717) is 6.42 Å². The van der Waals surface area contributed by atoms with Crippen LogP contribution in [-0.2, 0) is 11.2 Å². The third-order valence-electron chi connectivity index (χ3n) is 3.50. The van der Waals surface area contributed by atoms with Gasteiger partial charge < -0.3 is 14.6 Å². The highest BCUT2D eigenvalue weighted by Crippen LogP contribution is 2.31. The smallest absolute Gasteiger partial charge is 0.303 e. The maximum atomic E-state index is 10.5. The summed E-state index contributed by atoms with van der Waals surface area (Å²) in [5.74, 6) is 3.02. The summed E-state index contributed by atoms with van der Waals surface area (Å²) >= 11 is 1.93. The molecule has 0 aliphatic carbocycles. The van der Waals surface area contributed by atoms with Gasteiger partial charge in [-0.05, 0) is 49.1 Å². The van der Waals surface area contributed by atoms with Crippen LogP contribution in [0.2, 0.25) is 0 Å². The fraction of sp³-hybridized carbons (Fsp3) is 0.562. The van der Waals surface area contributed by atoms with Crippen LogP contribution >= 0.6 is 11.8 Å². The monoisotopic (exact) mass is 310 g/mol. The Morgan fingerprint density at radius 3 is 2.95 bits per heavy atom. The van der Waals surface area contributed by atoms with Crippen molar-refractivity contribution in [3.8, 4) is 11.5 Å². The molecule has 1 aromatic carbocycles. The molecule has 4 nitrogen and oxygen atoms in total. The lowest BCUT2D eigenvalue weighted by Gasteiger charge is -2.23. The van der Waals surface area contributed by atoms with Gasteiger partial charge in [-0.2, -0.15) is 11.8 Å². The minimum Gasteiger partial charge on any atom is -0.493 e. The fourth-order valence-electron chi connectivity index (χ4n) is 2.39. The van der Waals surface area contributed by atoms with E-state index >= 15 is 0 Å². The first-order chi connectivity index (χ1) is 10.2. The SMILES string of the molecule is COc1cc(CCCC(=O)O)ccc1OC1CCCSC1. The van der Waals surface area contributed by atoms with Crippen molar-refractivity contribution < 1.29 is 19.4 Å². The Morgan fingerprint density at radius 2 is 2.29 bits per heavy atom. The van der Waals surface area contributed by atoms with Crippen LogP contribution in [0.25, 0.3) is 0 Å². The molecule has 116 valence electrons. The predicted octanol–water partition coefficient (Wildman–Crippen LogP) is 3.38. The summed E-state index contributed by atoms with van der Waals surface area (Å²) in [5, 5.41) is 8.67. The van der Waals surface area contributed by atoms with Crippen LogP contribution in [0.5, 0.6) is 11.5 Å². The molecule has 1 saturated heterocycles. The molecule has 0 aromatic heterocycles. The molecule has 1 unspecified atom stereocenters. The number of hydrogen-bond donors (Lipinski definition) is 1. The van der Waals surface area contributed by atoms with E-state index in [4.69, 9.17) is 14.6 Å². The first-order valence-electron chi connectivity index (χ1n) is 7.32. The molecule has 0 amide bonds. The van der Waals surface area contributed by atoms with Crippen molar-refractivity contribution in [2.75, 3.05) is 18.6 Å². The summed E-state index contributed by atoms with van der Waals surface area (Å²) in [6.45, 7) is 0. The number of carbonyl (C=O) groups is 1. The van der Waals surface area contributed by atoms with Crippen LogP contribution in [0, 0.1) is 0 Å². The Balaban J connectivity index is 1.96. The van der Waals surface area contributed by atoms with Gasteiger partial charge in [-0.15, -0.1) is 0 Å². The van der Waals surface area contributed by atoms with Crippen molar-refractivity contribution in [2.45, 2.75) is 38.2 Å². The molecule has 1 heterocycles. The van der Waals surface area contributed by atoms with E-state index in [2.05, 4.69) is 0 Å². The third-order valence-corrected chi connectivity index (χ3v) is 4.68. The minimum absolute atomic E-state index is 0.194. The topological polar surface area (TPSA) is 55.8 Å². The van der Waals surface area contributed by atoms with Crippen LogP contribution in [0.4, 0.5) is 0 Å². The molecular weight excluding hydrogens is 288 g/mol. The summed E-state index contributed by atoms with van der Waals surface area (Å²) in [4.78, 5) is 10.5. The summed E-state index contributed by atoms with van der Waals surface area (Å²) in [5.41, 5.74) is 1.08. The molecule has 0 radical (unpaired) electrons. The number of rotatable bonds is 7. The zero-order valence-corrected chi connectivity index (χ0v) is 13.2. The highest BCUT2D eigenvalue weighted by Gasteiger charge is 2.17. The number of methoxy groups -OCH3 is 1. The number of carboxylic acid groups (broad SMARTS) is 1. The van der Waals surface area contributed by atoms with E-state index in [-0.39, 0.29) is 12.5 Å². The van der Waals surface area contributed by atoms with Crippen molar-refractivity contribution in [1.29, 1.82) is 0 Å². The van der Waals surface area contributed by atoms with Crippen molar-refractivity contribution in [3.05, 3.63) is 23.8 Å². The molecule has 21 heavy (non-hydrogen) atoms. The van der Waals surface area contributed by atoms with Crippen LogP contribution < -0.4 is 9.47 Å². The number of aryl methyl sites for hydroxylation is 1. The van der Waals surface area contributed by atoms with Crippen LogP contribution in [0.15, 0.2) is 18.2 Å². The first kappa shape index (κ1) is 16.0. The van der Waals surface area contributed by atoms with E-state index in [1.54, 1.807) is 7.11 Å². The Morgan fingerprint density at radius 1 is 1.43 bits per heavy atom. The Bertz CT molecular complexity index is 469. The van der Waals surface area contributed by atoms with Crippen molar-refractivity contribution >= 4 is 17.7 Å². The standard InChI is InChI=1S/C16H22O4S/c1-19-15-10-12(4-2-6-16(17)18)7-8-14(15)20-13-5-3-9-21-11-13/h7-8,10,13H,2-6,9,11H2,1H3,(H,17,18). The second kappa shape index (κ2) is 8.17. The number of benzene rings is 1. The number of carboxylic acids is 1. The van der Waals surface area contributed by atoms with Gasteiger partial charge in [-0.1, -0.05) is 6.07 Å². The molecular formula is C16H22O4S. The average molecular weight is 310 g/mol. The number of ether oxygens (including phenoxy) is 2. The maximum Gasteiger partial charge on any atom is 0.303 e. The van der Waals surface area contributed by atoms with Gasteiger partial charge in [0.05, 0.1) is 7.11 Å². The lowest BCUT2D eigenvalue weighted by atomic mass is 10.1. The number of aliphatic carboxylic acids is 1. The van der Waals surface area contributed by atoms with Crippen LogP contribution in [0.1, 0.15) is 31.2 Å². The van der Waals surface area contributed by atoms with Gasteiger partial charge in [0.1, 0.15) is 6.10 Å². The fourth-order valence-corrected chi connectivity index (χ4v) is 3.43. The van der Waals surface area contributed by atoms with Crippen molar-refractivity contribution in [1.82, 2.24) is 0 Å². The molecule has 2 rings (SSSR count). The molecule has 1 aromatic rings. The molecule has 0 saturated carbocycles. The van der Waals surface area contributed by atoms with Gasteiger partial charge in [-0.3, -0.25) is 4.79 Å². The molecule has 1 N–H and O–H groups in total. The highest BCUT2D eigenvalue weighted by molar-refractivity contribution is 7.99. The average Bonchev–Trinajstić information content (AvgIpc) is 2.49. The predicted molar refractivity (Wildman–Crippen MR) is 84.5 cm³/mol. The van der Waals surface area contributed by atoms with Gasteiger partial charge >= 0.3 is 5.97 Å². The summed E-state index contributed by atoms with van der Waals surface area (Å²) in [7, 11) is 1.64. The normalized spacial score (nSPS) is 18.2. The minimum atomic E-state index is -0.753.